The van der Waals surface area contributed by atoms with E-state index in [1.165, 1.54) is 43.4 Å². The lowest BCUT2D eigenvalue weighted by molar-refractivity contribution is 0.443. The second-order valence-corrected chi connectivity index (χ2v) is 5.38. The molecule has 0 atom stereocenters. The van der Waals surface area contributed by atoms with Crippen molar-refractivity contribution < 1.29 is 0 Å². The number of hydrogen-bond donors (Lipinski definition) is 2. The molecule has 0 unspecified atom stereocenters. The number of benzene rings is 1. The average Bonchev–Trinajstić information content (AvgIpc) is 2.45. The number of unbranched alkanes of at least 4 members (excludes halogenated alkanes) is 1. The standard InChI is InChI=1S/C16H26N2/c17-12-4-5-13-18-16-10-8-15(9-11-16)14-6-2-1-3-7-14/h8-11,14,18H,1-7,12-13,17H2. The van der Waals surface area contributed by atoms with Crippen LogP contribution >= 0.6 is 0 Å². The highest BCUT2D eigenvalue weighted by Crippen LogP contribution is 2.32. The van der Waals surface area contributed by atoms with E-state index in [1.54, 1.807) is 0 Å². The molecule has 1 aromatic carbocycles. The predicted molar refractivity (Wildman–Crippen MR) is 79.0 cm³/mol. The quantitative estimate of drug-likeness (QED) is 0.747. The summed E-state index contributed by atoms with van der Waals surface area (Å²) in [4.78, 5) is 0. The Morgan fingerprint density at radius 3 is 2.39 bits per heavy atom. The van der Waals surface area contributed by atoms with E-state index in [0.29, 0.717) is 0 Å². The van der Waals surface area contributed by atoms with Gasteiger partial charge in [0.05, 0.1) is 0 Å². The Kier molecular flexibility index (Phi) is 5.53. The molecule has 1 fully saturated rings. The Bertz CT molecular complexity index is 325. The van der Waals surface area contributed by atoms with Crippen molar-refractivity contribution in [1.29, 1.82) is 0 Å². The van der Waals surface area contributed by atoms with Crippen LogP contribution in [-0.4, -0.2) is 13.1 Å². The van der Waals surface area contributed by atoms with Gasteiger partial charge in [-0.3, -0.25) is 0 Å². The lowest BCUT2D eigenvalue weighted by Crippen LogP contribution is -2.06. The van der Waals surface area contributed by atoms with E-state index in [1.807, 2.05) is 0 Å². The zero-order valence-corrected chi connectivity index (χ0v) is 11.3. The summed E-state index contributed by atoms with van der Waals surface area (Å²) in [5.74, 6) is 0.810. The molecule has 0 aromatic heterocycles. The molecule has 0 aliphatic heterocycles. The maximum atomic E-state index is 5.48. The third-order valence-electron chi connectivity index (χ3n) is 3.95. The first kappa shape index (κ1) is 13.4. The minimum Gasteiger partial charge on any atom is -0.385 e. The van der Waals surface area contributed by atoms with E-state index in [0.717, 1.165) is 31.8 Å². The van der Waals surface area contributed by atoms with Gasteiger partial charge in [-0.25, -0.2) is 0 Å². The van der Waals surface area contributed by atoms with Crippen LogP contribution in [0.2, 0.25) is 0 Å². The van der Waals surface area contributed by atoms with Crippen LogP contribution in [0.3, 0.4) is 0 Å². The first-order valence-electron chi connectivity index (χ1n) is 7.44. The van der Waals surface area contributed by atoms with Gasteiger partial charge in [0, 0.05) is 12.2 Å². The van der Waals surface area contributed by atoms with Crippen molar-refractivity contribution in [2.45, 2.75) is 50.9 Å². The molecular weight excluding hydrogens is 220 g/mol. The number of nitrogens with two attached hydrogens (primary N) is 1. The molecule has 18 heavy (non-hydrogen) atoms. The van der Waals surface area contributed by atoms with Gasteiger partial charge in [-0.15, -0.1) is 0 Å². The van der Waals surface area contributed by atoms with Crippen LogP contribution < -0.4 is 11.1 Å². The molecule has 1 aliphatic carbocycles. The summed E-state index contributed by atoms with van der Waals surface area (Å²) in [6, 6.07) is 9.07. The molecule has 0 saturated heterocycles. The van der Waals surface area contributed by atoms with Gasteiger partial charge in [-0.1, -0.05) is 31.4 Å². The van der Waals surface area contributed by atoms with Gasteiger partial charge in [0.25, 0.3) is 0 Å². The first-order valence-corrected chi connectivity index (χ1v) is 7.44. The highest BCUT2D eigenvalue weighted by atomic mass is 14.9. The summed E-state index contributed by atoms with van der Waals surface area (Å²) in [6.07, 6.45) is 9.26. The molecule has 0 heterocycles. The fourth-order valence-corrected chi connectivity index (χ4v) is 2.81. The van der Waals surface area contributed by atoms with Gasteiger partial charge >= 0.3 is 0 Å². The van der Waals surface area contributed by atoms with Crippen LogP contribution in [0.5, 0.6) is 0 Å². The van der Waals surface area contributed by atoms with Gasteiger partial charge in [-0.05, 0) is 55.8 Å². The number of nitrogens with one attached hydrogen (secondary N) is 1. The molecule has 0 spiro atoms. The first-order chi connectivity index (χ1) is 8.90. The smallest absolute Gasteiger partial charge is 0.0340 e. The summed E-state index contributed by atoms with van der Waals surface area (Å²) in [6.45, 7) is 1.82. The molecule has 2 rings (SSSR count). The molecule has 1 aliphatic rings. The van der Waals surface area contributed by atoms with Crippen LogP contribution in [0, 0.1) is 0 Å². The van der Waals surface area contributed by atoms with E-state index >= 15 is 0 Å². The highest BCUT2D eigenvalue weighted by Gasteiger charge is 2.14. The molecule has 0 amide bonds. The van der Waals surface area contributed by atoms with Crippen molar-refractivity contribution in [1.82, 2.24) is 0 Å². The highest BCUT2D eigenvalue weighted by molar-refractivity contribution is 5.45. The summed E-state index contributed by atoms with van der Waals surface area (Å²) in [5.41, 5.74) is 8.25. The predicted octanol–water partition coefficient (Wildman–Crippen LogP) is 3.89. The summed E-state index contributed by atoms with van der Waals surface area (Å²) in [5, 5.41) is 3.45. The fourth-order valence-electron chi connectivity index (χ4n) is 2.81. The SMILES string of the molecule is NCCCCNc1ccc(C2CCCCC2)cc1. The van der Waals surface area contributed by atoms with Crippen molar-refractivity contribution in [3.63, 3.8) is 0 Å². The molecule has 2 nitrogen and oxygen atoms in total. The minimum absolute atomic E-state index is 0.794. The van der Waals surface area contributed by atoms with Crippen molar-refractivity contribution in [2.24, 2.45) is 5.73 Å². The van der Waals surface area contributed by atoms with Crippen LogP contribution in [0.15, 0.2) is 24.3 Å². The normalized spacial score (nSPS) is 16.7. The molecule has 0 radical (unpaired) electrons. The molecule has 100 valence electrons. The topological polar surface area (TPSA) is 38.0 Å². The average molecular weight is 246 g/mol. The van der Waals surface area contributed by atoms with Crippen LogP contribution in [0.4, 0.5) is 5.69 Å². The zero-order valence-electron chi connectivity index (χ0n) is 11.3. The van der Waals surface area contributed by atoms with Crippen molar-refractivity contribution in [2.75, 3.05) is 18.4 Å². The van der Waals surface area contributed by atoms with Crippen LogP contribution in [0.1, 0.15) is 56.4 Å². The van der Waals surface area contributed by atoms with Gasteiger partial charge < -0.3 is 11.1 Å². The maximum absolute atomic E-state index is 5.48. The van der Waals surface area contributed by atoms with Gasteiger partial charge in [0.15, 0.2) is 0 Å². The van der Waals surface area contributed by atoms with E-state index in [-0.39, 0.29) is 0 Å². The molecule has 3 N–H and O–H groups in total. The second kappa shape index (κ2) is 7.42. The van der Waals surface area contributed by atoms with Crippen molar-refractivity contribution in [3.05, 3.63) is 29.8 Å². The van der Waals surface area contributed by atoms with Gasteiger partial charge in [0.1, 0.15) is 0 Å². The molecule has 1 saturated carbocycles. The van der Waals surface area contributed by atoms with Crippen molar-refractivity contribution >= 4 is 5.69 Å². The summed E-state index contributed by atoms with van der Waals surface area (Å²) in [7, 11) is 0. The number of hydrogen-bond acceptors (Lipinski definition) is 2. The Balaban J connectivity index is 1.81. The third-order valence-corrected chi connectivity index (χ3v) is 3.95. The molecule has 1 aromatic rings. The Morgan fingerprint density at radius 1 is 1.00 bits per heavy atom. The van der Waals surface area contributed by atoms with Crippen LogP contribution in [-0.2, 0) is 0 Å². The Morgan fingerprint density at radius 2 is 1.72 bits per heavy atom. The largest absolute Gasteiger partial charge is 0.385 e. The molecular formula is C16H26N2. The number of rotatable bonds is 6. The van der Waals surface area contributed by atoms with Gasteiger partial charge in [0.2, 0.25) is 0 Å². The summed E-state index contributed by atoms with van der Waals surface area (Å²) < 4.78 is 0. The van der Waals surface area contributed by atoms with E-state index < -0.39 is 0 Å². The molecule has 2 heteroatoms. The zero-order chi connectivity index (χ0) is 12.6. The van der Waals surface area contributed by atoms with E-state index in [9.17, 15) is 0 Å². The number of anilines is 1. The lowest BCUT2D eigenvalue weighted by atomic mass is 9.84. The monoisotopic (exact) mass is 246 g/mol. The Hall–Kier alpha value is -1.02. The van der Waals surface area contributed by atoms with Crippen LogP contribution in [0.25, 0.3) is 0 Å². The molecule has 0 bridgehead atoms. The van der Waals surface area contributed by atoms with E-state index in [2.05, 4.69) is 29.6 Å². The van der Waals surface area contributed by atoms with E-state index in [4.69, 9.17) is 5.73 Å². The summed E-state index contributed by atoms with van der Waals surface area (Å²) >= 11 is 0. The third kappa shape index (κ3) is 4.02. The lowest BCUT2D eigenvalue weighted by Gasteiger charge is -2.22. The minimum atomic E-state index is 0.794. The van der Waals surface area contributed by atoms with Crippen molar-refractivity contribution in [3.8, 4) is 0 Å². The Labute approximate surface area is 111 Å². The maximum Gasteiger partial charge on any atom is 0.0340 e. The fraction of sp³-hybridized carbons (Fsp3) is 0.625. The van der Waals surface area contributed by atoms with Gasteiger partial charge in [-0.2, -0.15) is 0 Å². The second-order valence-electron chi connectivity index (χ2n) is 5.38.